The van der Waals surface area contributed by atoms with Crippen LogP contribution in [0.1, 0.15) is 29.5 Å². The minimum atomic E-state index is -0.0588. The van der Waals surface area contributed by atoms with E-state index in [0.29, 0.717) is 5.56 Å². The molecular formula is C13H19N3O2. The maximum atomic E-state index is 9.23. The minimum absolute atomic E-state index is 0.0588. The third-order valence-electron chi connectivity index (χ3n) is 3.56. The predicted molar refractivity (Wildman–Crippen MR) is 69.6 cm³/mol. The molecule has 0 spiro atoms. The quantitative estimate of drug-likeness (QED) is 0.268. The molecule has 2 rings (SSSR count). The minimum Gasteiger partial charge on any atom is -0.409 e. The van der Waals surface area contributed by atoms with Gasteiger partial charge in [-0.05, 0) is 37.0 Å². The van der Waals surface area contributed by atoms with E-state index in [9.17, 15) is 5.11 Å². The Labute approximate surface area is 106 Å². The Morgan fingerprint density at radius 1 is 1.50 bits per heavy atom. The largest absolute Gasteiger partial charge is 0.409 e. The third-order valence-corrected chi connectivity index (χ3v) is 3.56. The van der Waals surface area contributed by atoms with Gasteiger partial charge in [0, 0.05) is 17.6 Å². The highest BCUT2D eigenvalue weighted by Gasteiger charge is 2.41. The van der Waals surface area contributed by atoms with Gasteiger partial charge in [-0.3, -0.25) is 0 Å². The van der Waals surface area contributed by atoms with Crippen molar-refractivity contribution in [1.29, 1.82) is 0 Å². The number of aliphatic hydroxyl groups is 1. The number of hydrogen-bond donors (Lipinski definition) is 4. The molecule has 0 bridgehead atoms. The van der Waals surface area contributed by atoms with Gasteiger partial charge in [-0.15, -0.1) is 0 Å². The smallest absolute Gasteiger partial charge is 0.170 e. The molecule has 1 aliphatic rings. The van der Waals surface area contributed by atoms with Gasteiger partial charge in [-0.2, -0.15) is 0 Å². The summed E-state index contributed by atoms with van der Waals surface area (Å²) in [5, 5.41) is 24.2. The Bertz CT molecular complexity index is 467. The Hall–Kier alpha value is -1.59. The highest BCUT2D eigenvalue weighted by atomic mass is 16.4. The van der Waals surface area contributed by atoms with Crippen LogP contribution >= 0.6 is 0 Å². The lowest BCUT2D eigenvalue weighted by molar-refractivity contribution is 0.229. The fourth-order valence-corrected chi connectivity index (χ4v) is 1.94. The second kappa shape index (κ2) is 4.96. The fraction of sp³-hybridized carbons (Fsp3) is 0.462. The van der Waals surface area contributed by atoms with Crippen molar-refractivity contribution >= 4 is 5.84 Å². The second-order valence-corrected chi connectivity index (χ2v) is 4.92. The van der Waals surface area contributed by atoms with Crippen molar-refractivity contribution in [2.24, 2.45) is 10.9 Å². The van der Waals surface area contributed by atoms with E-state index < -0.39 is 0 Å². The van der Waals surface area contributed by atoms with Crippen LogP contribution in [0.3, 0.4) is 0 Å². The molecular weight excluding hydrogens is 230 g/mol. The molecule has 0 radical (unpaired) electrons. The first kappa shape index (κ1) is 12.9. The number of benzene rings is 1. The normalized spacial score (nSPS) is 17.8. The maximum absolute atomic E-state index is 9.23. The number of nitrogens with two attached hydrogens (primary N) is 1. The van der Waals surface area contributed by atoms with Crippen LogP contribution in [-0.2, 0) is 6.54 Å². The molecule has 1 aromatic carbocycles. The van der Waals surface area contributed by atoms with Gasteiger partial charge in [0.2, 0.25) is 0 Å². The number of amidine groups is 1. The molecule has 1 saturated carbocycles. The van der Waals surface area contributed by atoms with Gasteiger partial charge in [-0.1, -0.05) is 17.3 Å². The monoisotopic (exact) mass is 249 g/mol. The van der Waals surface area contributed by atoms with E-state index in [-0.39, 0.29) is 18.0 Å². The van der Waals surface area contributed by atoms with Crippen molar-refractivity contribution in [3.05, 3.63) is 34.9 Å². The average Bonchev–Trinajstić information content (AvgIpc) is 3.17. The first-order valence-electron chi connectivity index (χ1n) is 6.03. The van der Waals surface area contributed by atoms with Crippen LogP contribution in [-0.4, -0.2) is 28.3 Å². The summed E-state index contributed by atoms with van der Waals surface area (Å²) >= 11 is 0. The van der Waals surface area contributed by atoms with Gasteiger partial charge in [0.1, 0.15) is 0 Å². The van der Waals surface area contributed by atoms with Gasteiger partial charge in [0.25, 0.3) is 0 Å². The Morgan fingerprint density at radius 3 is 2.72 bits per heavy atom. The lowest BCUT2D eigenvalue weighted by atomic mass is 10.0. The summed E-state index contributed by atoms with van der Waals surface area (Å²) < 4.78 is 0. The van der Waals surface area contributed by atoms with Crippen LogP contribution in [0.5, 0.6) is 0 Å². The van der Waals surface area contributed by atoms with Crippen LogP contribution in [0.15, 0.2) is 23.4 Å². The summed E-state index contributed by atoms with van der Waals surface area (Å²) in [6.07, 6.45) is 2.06. The van der Waals surface area contributed by atoms with Crippen LogP contribution in [0.25, 0.3) is 0 Å². The summed E-state index contributed by atoms with van der Waals surface area (Å²) in [7, 11) is 0. The molecule has 1 aliphatic carbocycles. The molecule has 0 atom stereocenters. The highest BCUT2D eigenvalue weighted by molar-refractivity contribution is 5.97. The number of aliphatic hydroxyl groups excluding tert-OH is 1. The zero-order valence-electron chi connectivity index (χ0n) is 10.5. The van der Waals surface area contributed by atoms with E-state index >= 15 is 0 Å². The van der Waals surface area contributed by atoms with Gasteiger partial charge in [0.15, 0.2) is 5.84 Å². The van der Waals surface area contributed by atoms with Crippen molar-refractivity contribution in [3.63, 3.8) is 0 Å². The van der Waals surface area contributed by atoms with E-state index in [1.165, 1.54) is 0 Å². The molecule has 5 nitrogen and oxygen atoms in total. The number of hydrogen-bond acceptors (Lipinski definition) is 4. The van der Waals surface area contributed by atoms with Crippen molar-refractivity contribution in [3.8, 4) is 0 Å². The zero-order valence-corrected chi connectivity index (χ0v) is 10.5. The van der Waals surface area contributed by atoms with Crippen molar-refractivity contribution in [2.45, 2.75) is 31.8 Å². The molecule has 5 heteroatoms. The topological polar surface area (TPSA) is 90.9 Å². The zero-order chi connectivity index (χ0) is 13.2. The molecule has 1 fully saturated rings. The summed E-state index contributed by atoms with van der Waals surface area (Å²) in [6, 6.07) is 5.69. The van der Waals surface area contributed by atoms with Crippen LogP contribution in [0.2, 0.25) is 0 Å². The first-order chi connectivity index (χ1) is 8.60. The second-order valence-electron chi connectivity index (χ2n) is 4.92. The van der Waals surface area contributed by atoms with Gasteiger partial charge in [0.05, 0.1) is 6.61 Å². The van der Waals surface area contributed by atoms with Crippen LogP contribution in [0, 0.1) is 6.92 Å². The number of nitrogens with one attached hydrogen (secondary N) is 1. The first-order valence-corrected chi connectivity index (χ1v) is 6.03. The molecule has 0 amide bonds. The van der Waals surface area contributed by atoms with Crippen LogP contribution in [0.4, 0.5) is 0 Å². The Balaban J connectivity index is 2.06. The van der Waals surface area contributed by atoms with E-state index in [4.69, 9.17) is 10.9 Å². The molecule has 0 unspecified atom stereocenters. The number of rotatable bonds is 5. The van der Waals surface area contributed by atoms with Gasteiger partial charge in [-0.25, -0.2) is 0 Å². The number of nitrogens with zero attached hydrogens (tertiary/aromatic N) is 1. The van der Waals surface area contributed by atoms with Gasteiger partial charge >= 0.3 is 0 Å². The van der Waals surface area contributed by atoms with Crippen molar-refractivity contribution in [2.75, 3.05) is 6.61 Å². The maximum Gasteiger partial charge on any atom is 0.170 e. The fourth-order valence-electron chi connectivity index (χ4n) is 1.94. The number of oxime groups is 1. The van der Waals surface area contributed by atoms with E-state index in [2.05, 4.69) is 10.5 Å². The van der Waals surface area contributed by atoms with Gasteiger partial charge < -0.3 is 21.4 Å². The van der Waals surface area contributed by atoms with E-state index in [1.54, 1.807) is 0 Å². The summed E-state index contributed by atoms with van der Waals surface area (Å²) in [4.78, 5) is 0. The molecule has 1 aromatic rings. The van der Waals surface area contributed by atoms with E-state index in [1.807, 2.05) is 25.1 Å². The van der Waals surface area contributed by atoms with Crippen molar-refractivity contribution in [1.82, 2.24) is 5.32 Å². The predicted octanol–water partition coefficient (Wildman–Crippen LogP) is 0.704. The Morgan fingerprint density at radius 2 is 2.22 bits per heavy atom. The summed E-state index contributed by atoms with van der Waals surface area (Å²) in [6.45, 7) is 2.90. The average molecular weight is 249 g/mol. The SMILES string of the molecule is Cc1cc(/C(N)=N/O)ccc1CNC1(CO)CC1. The molecule has 0 aromatic heterocycles. The lowest BCUT2D eigenvalue weighted by Gasteiger charge is -2.15. The highest BCUT2D eigenvalue weighted by Crippen LogP contribution is 2.34. The van der Waals surface area contributed by atoms with E-state index in [0.717, 1.165) is 30.5 Å². The molecule has 0 saturated heterocycles. The standard InChI is InChI=1S/C13H19N3O2/c1-9-6-10(12(14)16-18)2-3-11(9)7-15-13(8-17)4-5-13/h2-3,6,15,17-18H,4-5,7-8H2,1H3,(H2,14,16). The molecule has 0 heterocycles. The third kappa shape index (κ3) is 2.63. The van der Waals surface area contributed by atoms with Crippen LogP contribution < -0.4 is 11.1 Å². The van der Waals surface area contributed by atoms with Crippen molar-refractivity contribution < 1.29 is 10.3 Å². The summed E-state index contributed by atoms with van der Waals surface area (Å²) in [5.74, 6) is 0.117. The number of aryl methyl sites for hydroxylation is 1. The summed E-state index contributed by atoms with van der Waals surface area (Å²) in [5.41, 5.74) is 8.43. The molecule has 0 aliphatic heterocycles. The molecule has 5 N–H and O–H groups in total. The molecule has 98 valence electrons. The Kier molecular flexibility index (Phi) is 3.54. The molecule has 18 heavy (non-hydrogen) atoms. The lowest BCUT2D eigenvalue weighted by Crippen LogP contribution is -2.34.